The Morgan fingerprint density at radius 1 is 1.07 bits per heavy atom. The smallest absolute Gasteiger partial charge is 0.337 e. The molecule has 2 saturated heterocycles. The van der Waals surface area contributed by atoms with E-state index in [1.54, 1.807) is 12.1 Å². The molecule has 4 heterocycles. The van der Waals surface area contributed by atoms with Crippen LogP contribution in [0.25, 0.3) is 11.1 Å². The molecule has 2 atom stereocenters. The first-order valence-electron chi connectivity index (χ1n) is 20.1. The minimum absolute atomic E-state index is 0.0205. The van der Waals surface area contributed by atoms with E-state index in [4.69, 9.17) is 14.5 Å². The first-order valence-corrected chi connectivity index (χ1v) is 20.1. The standard InChI is InChI=1S/C45H63FN4O4/c1-29-24-37(46)13-12-35(29)27-49-19-14-33-25-34(10-11-36(33)28-49)39-40(31(3)48(9)26-32-15-22-53-23-16-32)47-30(2)38(42(43(51)52)54-44(4,5)6)41(39)50-20-17-45(7,8)18-21-50/h10-13,24-25,31-32,42H,14-23,26-28H2,1-9H3,(H,51,52)/t31?,42-/m0/s1. The van der Waals surface area contributed by atoms with Crippen molar-refractivity contribution in [2.45, 2.75) is 118 Å². The zero-order valence-corrected chi connectivity index (χ0v) is 34.2. The van der Waals surface area contributed by atoms with Crippen molar-refractivity contribution in [1.82, 2.24) is 14.8 Å². The number of carboxylic acids is 1. The summed E-state index contributed by atoms with van der Waals surface area (Å²) >= 11 is 0. The number of carboxylic acid groups (broad SMARTS) is 1. The number of rotatable bonds is 11. The van der Waals surface area contributed by atoms with Gasteiger partial charge >= 0.3 is 5.97 Å². The van der Waals surface area contributed by atoms with Crippen LogP contribution in [0.3, 0.4) is 0 Å². The number of carbonyl (C=O) groups is 1. The maximum absolute atomic E-state index is 13.8. The predicted molar refractivity (Wildman–Crippen MR) is 214 cm³/mol. The molecule has 1 unspecified atom stereocenters. The van der Waals surface area contributed by atoms with Gasteiger partial charge in [-0.2, -0.15) is 0 Å². The summed E-state index contributed by atoms with van der Waals surface area (Å²) in [5, 5.41) is 10.8. The summed E-state index contributed by atoms with van der Waals surface area (Å²) < 4.78 is 26.0. The Labute approximate surface area is 323 Å². The van der Waals surface area contributed by atoms with Crippen molar-refractivity contribution < 1.29 is 23.8 Å². The summed E-state index contributed by atoms with van der Waals surface area (Å²) in [5.74, 6) is -0.642. The molecule has 0 bridgehead atoms. The van der Waals surface area contributed by atoms with Crippen LogP contribution in [0.1, 0.15) is 119 Å². The van der Waals surface area contributed by atoms with Gasteiger partial charge in [0.25, 0.3) is 0 Å². The van der Waals surface area contributed by atoms with E-state index in [1.807, 2.05) is 40.7 Å². The Morgan fingerprint density at radius 2 is 1.78 bits per heavy atom. The molecule has 9 heteroatoms. The van der Waals surface area contributed by atoms with Crippen molar-refractivity contribution in [3.05, 3.63) is 81.4 Å². The molecule has 0 amide bonds. The molecule has 1 aromatic heterocycles. The van der Waals surface area contributed by atoms with E-state index in [1.165, 1.54) is 11.1 Å². The average molecular weight is 743 g/mol. The highest BCUT2D eigenvalue weighted by Gasteiger charge is 2.38. The van der Waals surface area contributed by atoms with Crippen molar-refractivity contribution >= 4 is 11.7 Å². The van der Waals surface area contributed by atoms with Crippen LogP contribution >= 0.6 is 0 Å². The van der Waals surface area contributed by atoms with Crippen LogP contribution < -0.4 is 4.90 Å². The Balaban J connectivity index is 1.48. The zero-order valence-electron chi connectivity index (χ0n) is 34.2. The minimum atomic E-state index is -1.17. The molecule has 294 valence electrons. The second-order valence-electron chi connectivity index (χ2n) is 18.0. The summed E-state index contributed by atoms with van der Waals surface area (Å²) in [4.78, 5) is 25.9. The van der Waals surface area contributed by atoms with Crippen LogP contribution in [0, 0.1) is 31.0 Å². The monoisotopic (exact) mass is 742 g/mol. The predicted octanol–water partition coefficient (Wildman–Crippen LogP) is 9.05. The number of aromatic nitrogens is 1. The number of fused-ring (bicyclic) bond motifs is 1. The molecule has 3 aliphatic heterocycles. The van der Waals surface area contributed by atoms with Crippen molar-refractivity contribution in [1.29, 1.82) is 0 Å². The van der Waals surface area contributed by atoms with E-state index >= 15 is 0 Å². The lowest BCUT2D eigenvalue weighted by Crippen LogP contribution is -2.40. The van der Waals surface area contributed by atoms with Gasteiger partial charge in [0.15, 0.2) is 6.10 Å². The number of hydrogen-bond acceptors (Lipinski definition) is 7. The van der Waals surface area contributed by atoms with Gasteiger partial charge in [0.1, 0.15) is 5.82 Å². The summed E-state index contributed by atoms with van der Waals surface area (Å²) in [5.41, 5.74) is 9.66. The van der Waals surface area contributed by atoms with Gasteiger partial charge in [-0.3, -0.25) is 14.8 Å². The topological polar surface area (TPSA) is 78.4 Å². The van der Waals surface area contributed by atoms with Gasteiger partial charge in [-0.05, 0) is 132 Å². The fourth-order valence-electron chi connectivity index (χ4n) is 8.56. The van der Waals surface area contributed by atoms with Crippen LogP contribution in [-0.4, -0.2) is 77.9 Å². The lowest BCUT2D eigenvalue weighted by atomic mass is 9.81. The Hall–Kier alpha value is -3.37. The van der Waals surface area contributed by atoms with Gasteiger partial charge in [-0.1, -0.05) is 38.1 Å². The molecule has 0 radical (unpaired) electrons. The number of anilines is 1. The van der Waals surface area contributed by atoms with Crippen molar-refractivity contribution in [3.63, 3.8) is 0 Å². The van der Waals surface area contributed by atoms with E-state index in [9.17, 15) is 14.3 Å². The highest BCUT2D eigenvalue weighted by Crippen LogP contribution is 2.47. The number of aliphatic carboxylic acids is 1. The van der Waals surface area contributed by atoms with Crippen LogP contribution in [0.2, 0.25) is 0 Å². The third-order valence-electron chi connectivity index (χ3n) is 12.0. The molecule has 0 saturated carbocycles. The number of aryl methyl sites for hydroxylation is 2. The third-order valence-corrected chi connectivity index (χ3v) is 12.0. The van der Waals surface area contributed by atoms with Gasteiger partial charge in [-0.25, -0.2) is 9.18 Å². The molecule has 0 spiro atoms. The highest BCUT2D eigenvalue weighted by atomic mass is 19.1. The van der Waals surface area contributed by atoms with Crippen LogP contribution in [-0.2, 0) is 33.8 Å². The van der Waals surface area contributed by atoms with Crippen molar-refractivity contribution in [2.75, 3.05) is 51.3 Å². The van der Waals surface area contributed by atoms with Crippen molar-refractivity contribution in [3.8, 4) is 11.1 Å². The fourth-order valence-corrected chi connectivity index (χ4v) is 8.56. The lowest BCUT2D eigenvalue weighted by molar-refractivity contribution is -0.160. The lowest BCUT2D eigenvalue weighted by Gasteiger charge is -2.42. The first-order chi connectivity index (χ1) is 25.5. The van der Waals surface area contributed by atoms with Gasteiger partial charge in [0, 0.05) is 75.3 Å². The zero-order chi connectivity index (χ0) is 38.9. The normalized spacial score (nSPS) is 19.5. The number of pyridine rings is 1. The molecule has 3 aromatic rings. The summed E-state index contributed by atoms with van der Waals surface area (Å²) in [6.45, 7) is 23.3. The van der Waals surface area contributed by atoms with Gasteiger partial charge in [0.2, 0.25) is 0 Å². The first kappa shape index (κ1) is 40.3. The number of hydrogen-bond donors (Lipinski definition) is 1. The SMILES string of the molecule is Cc1cc(F)ccc1CN1CCc2cc(-c3c(C(C)N(C)CC4CCOCC4)nc(C)c([C@H](OC(C)(C)C)C(=O)O)c3N3CCC(C)(C)CC3)ccc2C1. The fraction of sp³-hybridized carbons (Fsp3) is 0.600. The number of halogens is 1. The maximum atomic E-state index is 13.8. The van der Waals surface area contributed by atoms with Gasteiger partial charge in [-0.15, -0.1) is 0 Å². The van der Waals surface area contributed by atoms with Crippen LogP contribution in [0.5, 0.6) is 0 Å². The maximum Gasteiger partial charge on any atom is 0.337 e. The number of piperidine rings is 1. The van der Waals surface area contributed by atoms with Gasteiger partial charge in [0.05, 0.1) is 17.0 Å². The van der Waals surface area contributed by atoms with E-state index in [0.29, 0.717) is 17.2 Å². The summed E-state index contributed by atoms with van der Waals surface area (Å²) in [7, 11) is 2.20. The Bertz CT molecular complexity index is 1800. The molecule has 2 aromatic carbocycles. The summed E-state index contributed by atoms with van der Waals surface area (Å²) in [6.07, 6.45) is 3.84. The largest absolute Gasteiger partial charge is 0.479 e. The van der Waals surface area contributed by atoms with Crippen molar-refractivity contribution in [2.24, 2.45) is 11.3 Å². The molecule has 3 aliphatic rings. The van der Waals surface area contributed by atoms with E-state index in [0.717, 1.165) is 118 Å². The molecule has 2 fully saturated rings. The molecular weight excluding hydrogens is 680 g/mol. The van der Waals surface area contributed by atoms with Gasteiger partial charge < -0.3 is 19.5 Å². The molecule has 8 nitrogen and oxygen atoms in total. The third kappa shape index (κ3) is 9.35. The number of ether oxygens (including phenoxy) is 2. The summed E-state index contributed by atoms with van der Waals surface area (Å²) in [6, 6.07) is 11.9. The quantitative estimate of drug-likeness (QED) is 0.209. The molecule has 6 rings (SSSR count). The number of benzene rings is 2. The second-order valence-corrected chi connectivity index (χ2v) is 18.0. The Morgan fingerprint density at radius 3 is 2.43 bits per heavy atom. The van der Waals surface area contributed by atoms with Crippen LogP contribution in [0.4, 0.5) is 10.1 Å². The molecular formula is C45H63FN4O4. The average Bonchev–Trinajstić information content (AvgIpc) is 3.11. The van der Waals surface area contributed by atoms with Crippen LogP contribution in [0.15, 0.2) is 36.4 Å². The Kier molecular flexibility index (Phi) is 12.2. The highest BCUT2D eigenvalue weighted by molar-refractivity contribution is 5.88. The molecule has 54 heavy (non-hydrogen) atoms. The minimum Gasteiger partial charge on any atom is -0.479 e. The number of nitrogens with zero attached hydrogens (tertiary/aromatic N) is 4. The second kappa shape index (κ2) is 16.4. The molecule has 0 aliphatic carbocycles. The van der Waals surface area contributed by atoms with E-state index < -0.39 is 17.7 Å². The van der Waals surface area contributed by atoms with E-state index in [2.05, 4.69) is 60.7 Å². The molecule has 1 N–H and O–H groups in total. The van der Waals surface area contributed by atoms with E-state index in [-0.39, 0.29) is 17.3 Å².